The molecule has 5 heteroatoms. The predicted molar refractivity (Wildman–Crippen MR) is 61.3 cm³/mol. The second-order valence-corrected chi connectivity index (χ2v) is 4.61. The highest BCUT2D eigenvalue weighted by atomic mass is 35.5. The molecule has 0 spiro atoms. The minimum Gasteiger partial charge on any atom is -0.340 e. The molecule has 0 saturated heterocycles. The zero-order chi connectivity index (χ0) is 11.5. The Hall–Kier alpha value is -1.16. The molecule has 2 rings (SSSR count). The smallest absolute Gasteiger partial charge is 0.274 e. The number of carbonyl (C=O) groups is 1. The molecule has 1 aliphatic carbocycles. The van der Waals surface area contributed by atoms with E-state index in [1.165, 1.54) is 19.3 Å². The van der Waals surface area contributed by atoms with Crippen molar-refractivity contribution in [2.24, 2.45) is 5.92 Å². The van der Waals surface area contributed by atoms with Gasteiger partial charge in [-0.15, -0.1) is 10.2 Å². The van der Waals surface area contributed by atoms with Gasteiger partial charge >= 0.3 is 0 Å². The number of halogens is 1. The molecule has 0 aliphatic heterocycles. The van der Waals surface area contributed by atoms with Crippen molar-refractivity contribution < 1.29 is 4.79 Å². The van der Waals surface area contributed by atoms with Gasteiger partial charge in [0.15, 0.2) is 10.8 Å². The van der Waals surface area contributed by atoms with Crippen LogP contribution in [0.5, 0.6) is 0 Å². The molecule has 0 radical (unpaired) electrons. The summed E-state index contributed by atoms with van der Waals surface area (Å²) < 4.78 is 0. The van der Waals surface area contributed by atoms with Crippen LogP contribution in [0, 0.1) is 5.92 Å². The molecule has 0 unspecified atom stereocenters. The van der Waals surface area contributed by atoms with Crippen molar-refractivity contribution in [2.45, 2.75) is 19.3 Å². The number of nitrogens with zero attached hydrogens (tertiary/aromatic N) is 3. The van der Waals surface area contributed by atoms with E-state index in [0.717, 1.165) is 6.54 Å². The topological polar surface area (TPSA) is 46.1 Å². The monoisotopic (exact) mass is 239 g/mol. The molecule has 0 atom stereocenters. The van der Waals surface area contributed by atoms with Gasteiger partial charge in [0.2, 0.25) is 0 Å². The molecule has 0 bridgehead atoms. The van der Waals surface area contributed by atoms with Crippen molar-refractivity contribution in [3.8, 4) is 0 Å². The maximum Gasteiger partial charge on any atom is 0.274 e. The van der Waals surface area contributed by atoms with Gasteiger partial charge in [0.05, 0.1) is 0 Å². The van der Waals surface area contributed by atoms with E-state index in [4.69, 9.17) is 11.6 Å². The molecule has 1 amide bonds. The summed E-state index contributed by atoms with van der Waals surface area (Å²) in [7, 11) is 1.80. The Morgan fingerprint density at radius 3 is 2.75 bits per heavy atom. The van der Waals surface area contributed by atoms with E-state index in [1.54, 1.807) is 24.1 Å². The molecule has 1 saturated carbocycles. The van der Waals surface area contributed by atoms with Crippen molar-refractivity contribution in [1.82, 2.24) is 15.1 Å². The lowest BCUT2D eigenvalue weighted by atomic mass is 9.85. The lowest BCUT2D eigenvalue weighted by Gasteiger charge is -2.29. The average molecular weight is 240 g/mol. The number of hydrogen-bond acceptors (Lipinski definition) is 3. The van der Waals surface area contributed by atoms with Crippen molar-refractivity contribution in [3.05, 3.63) is 23.0 Å². The first kappa shape index (κ1) is 11.3. The fourth-order valence-corrected chi connectivity index (χ4v) is 1.87. The molecule has 4 nitrogen and oxygen atoms in total. The van der Waals surface area contributed by atoms with Gasteiger partial charge in [-0.25, -0.2) is 0 Å². The zero-order valence-corrected chi connectivity index (χ0v) is 9.94. The van der Waals surface area contributed by atoms with Crippen molar-refractivity contribution >= 4 is 17.5 Å². The van der Waals surface area contributed by atoms with E-state index in [9.17, 15) is 4.79 Å². The van der Waals surface area contributed by atoms with Crippen LogP contribution in [0.1, 0.15) is 29.8 Å². The van der Waals surface area contributed by atoms with Gasteiger partial charge in [0.1, 0.15) is 0 Å². The van der Waals surface area contributed by atoms with Gasteiger partial charge in [-0.05, 0) is 30.9 Å². The zero-order valence-electron chi connectivity index (χ0n) is 9.19. The molecule has 1 heterocycles. The summed E-state index contributed by atoms with van der Waals surface area (Å²) in [6.07, 6.45) is 3.74. The first-order valence-corrected chi connectivity index (χ1v) is 5.79. The molecular formula is C11H14ClN3O. The summed E-state index contributed by atoms with van der Waals surface area (Å²) in [5.41, 5.74) is 0.353. The number of rotatable bonds is 3. The molecule has 1 aromatic heterocycles. The number of amides is 1. The van der Waals surface area contributed by atoms with Gasteiger partial charge in [-0.3, -0.25) is 4.79 Å². The summed E-state index contributed by atoms with van der Waals surface area (Å²) in [6, 6.07) is 3.19. The van der Waals surface area contributed by atoms with Crippen molar-refractivity contribution in [1.29, 1.82) is 0 Å². The largest absolute Gasteiger partial charge is 0.340 e. The van der Waals surface area contributed by atoms with Crippen LogP contribution < -0.4 is 0 Å². The van der Waals surface area contributed by atoms with Crippen LogP contribution >= 0.6 is 11.6 Å². The third kappa shape index (κ3) is 2.50. The highest BCUT2D eigenvalue weighted by Crippen LogP contribution is 2.26. The van der Waals surface area contributed by atoms with Gasteiger partial charge in [-0.2, -0.15) is 0 Å². The van der Waals surface area contributed by atoms with Crippen LogP contribution in [0.25, 0.3) is 0 Å². The van der Waals surface area contributed by atoms with Crippen LogP contribution in [0.2, 0.25) is 5.15 Å². The van der Waals surface area contributed by atoms with Gasteiger partial charge in [0, 0.05) is 13.6 Å². The number of hydrogen-bond donors (Lipinski definition) is 0. The molecule has 16 heavy (non-hydrogen) atoms. The first-order valence-electron chi connectivity index (χ1n) is 5.41. The number of aromatic nitrogens is 2. The Balaban J connectivity index is 1.97. The normalized spacial score (nSPS) is 15.6. The van der Waals surface area contributed by atoms with E-state index < -0.39 is 0 Å². The van der Waals surface area contributed by atoms with Crippen molar-refractivity contribution in [2.75, 3.05) is 13.6 Å². The van der Waals surface area contributed by atoms with Crippen LogP contribution in [0.15, 0.2) is 12.1 Å². The van der Waals surface area contributed by atoms with E-state index in [-0.39, 0.29) is 5.91 Å². The lowest BCUT2D eigenvalue weighted by Crippen LogP contribution is -2.34. The molecule has 0 aromatic carbocycles. The maximum atomic E-state index is 11.9. The molecule has 0 N–H and O–H groups in total. The summed E-state index contributed by atoms with van der Waals surface area (Å²) in [5, 5.41) is 7.74. The van der Waals surface area contributed by atoms with Gasteiger partial charge in [0.25, 0.3) is 5.91 Å². The summed E-state index contributed by atoms with van der Waals surface area (Å²) in [5.74, 6) is 0.574. The minimum atomic E-state index is -0.0870. The fraction of sp³-hybridized carbons (Fsp3) is 0.545. The van der Waals surface area contributed by atoms with Gasteiger partial charge < -0.3 is 4.90 Å². The Morgan fingerprint density at radius 1 is 1.50 bits per heavy atom. The van der Waals surface area contributed by atoms with Crippen LogP contribution in [0.4, 0.5) is 0 Å². The van der Waals surface area contributed by atoms with Crippen LogP contribution in [-0.4, -0.2) is 34.6 Å². The summed E-state index contributed by atoms with van der Waals surface area (Å²) in [4.78, 5) is 13.6. The molecule has 1 aliphatic rings. The minimum absolute atomic E-state index is 0.0870. The Kier molecular flexibility index (Phi) is 3.39. The summed E-state index contributed by atoms with van der Waals surface area (Å²) in [6.45, 7) is 0.809. The van der Waals surface area contributed by atoms with E-state index >= 15 is 0 Å². The van der Waals surface area contributed by atoms with Crippen molar-refractivity contribution in [3.63, 3.8) is 0 Å². The Labute approximate surface area is 99.6 Å². The fourth-order valence-electron chi connectivity index (χ4n) is 1.77. The van der Waals surface area contributed by atoms with E-state index in [0.29, 0.717) is 16.8 Å². The molecule has 1 aromatic rings. The highest BCUT2D eigenvalue weighted by Gasteiger charge is 2.22. The molecule has 86 valence electrons. The predicted octanol–water partition coefficient (Wildman–Crippen LogP) is 2.00. The van der Waals surface area contributed by atoms with Crippen LogP contribution in [-0.2, 0) is 0 Å². The SMILES string of the molecule is CN(CC1CCC1)C(=O)c1ccc(Cl)nn1. The third-order valence-electron chi connectivity index (χ3n) is 2.95. The average Bonchev–Trinajstić information content (AvgIpc) is 2.23. The maximum absolute atomic E-state index is 11.9. The third-order valence-corrected chi connectivity index (χ3v) is 3.16. The van der Waals surface area contributed by atoms with Gasteiger partial charge in [-0.1, -0.05) is 18.0 Å². The summed E-state index contributed by atoms with van der Waals surface area (Å²) >= 11 is 5.61. The number of carbonyl (C=O) groups excluding carboxylic acids is 1. The molecular weight excluding hydrogens is 226 g/mol. The standard InChI is InChI=1S/C11H14ClN3O/c1-15(7-8-3-2-4-8)11(16)9-5-6-10(12)14-13-9/h5-6,8H,2-4,7H2,1H3. The lowest BCUT2D eigenvalue weighted by molar-refractivity contribution is 0.0738. The molecule has 1 fully saturated rings. The van der Waals surface area contributed by atoms with Crippen LogP contribution in [0.3, 0.4) is 0 Å². The Morgan fingerprint density at radius 2 is 2.25 bits per heavy atom. The quantitative estimate of drug-likeness (QED) is 0.811. The second kappa shape index (κ2) is 4.78. The Bertz CT molecular complexity index is 375. The first-order chi connectivity index (χ1) is 7.66. The van der Waals surface area contributed by atoms with E-state index in [1.807, 2.05) is 0 Å². The van der Waals surface area contributed by atoms with E-state index in [2.05, 4.69) is 10.2 Å². The highest BCUT2D eigenvalue weighted by molar-refractivity contribution is 6.29. The second-order valence-electron chi connectivity index (χ2n) is 4.22.